The van der Waals surface area contributed by atoms with E-state index in [2.05, 4.69) is 6.58 Å². The van der Waals surface area contributed by atoms with Crippen LogP contribution in [0.15, 0.2) is 23.8 Å². The van der Waals surface area contributed by atoms with Gasteiger partial charge in [-0.1, -0.05) is 32.1 Å². The van der Waals surface area contributed by atoms with E-state index in [9.17, 15) is 4.79 Å². The number of nitriles is 1. The number of carbonyl (C=O) groups is 1. The van der Waals surface area contributed by atoms with Crippen molar-refractivity contribution in [3.8, 4) is 6.07 Å². The van der Waals surface area contributed by atoms with Gasteiger partial charge in [0.15, 0.2) is 5.78 Å². The van der Waals surface area contributed by atoms with Crippen LogP contribution in [0.3, 0.4) is 0 Å². The summed E-state index contributed by atoms with van der Waals surface area (Å²) in [5.74, 6) is 0.731. The van der Waals surface area contributed by atoms with Crippen LogP contribution >= 0.6 is 0 Å². The quantitative estimate of drug-likeness (QED) is 0.583. The molecular weight excluding hydrogens is 198 g/mol. The van der Waals surface area contributed by atoms with Gasteiger partial charge < -0.3 is 0 Å². The average molecular weight is 215 g/mol. The first-order valence-electron chi connectivity index (χ1n) is 5.80. The maximum Gasteiger partial charge on any atom is 0.178 e. The van der Waals surface area contributed by atoms with E-state index in [0.717, 1.165) is 19.3 Å². The summed E-state index contributed by atoms with van der Waals surface area (Å²) < 4.78 is 0. The zero-order chi connectivity index (χ0) is 11.9. The van der Waals surface area contributed by atoms with Crippen molar-refractivity contribution in [3.63, 3.8) is 0 Å². The molecule has 0 aromatic carbocycles. The number of rotatable bonds is 0. The van der Waals surface area contributed by atoms with E-state index < -0.39 is 0 Å². The molecule has 0 aromatic rings. The third-order valence-electron chi connectivity index (χ3n) is 4.11. The first-order valence-corrected chi connectivity index (χ1v) is 5.80. The normalized spacial score (nSPS) is 32.7. The predicted octanol–water partition coefficient (Wildman–Crippen LogP) is 3.02. The van der Waals surface area contributed by atoms with Gasteiger partial charge in [0, 0.05) is 5.41 Å². The summed E-state index contributed by atoms with van der Waals surface area (Å²) in [5.41, 5.74) is 1.21. The van der Waals surface area contributed by atoms with Crippen molar-refractivity contribution in [1.82, 2.24) is 0 Å². The first kappa shape index (κ1) is 11.1. The molecule has 2 rings (SSSR count). The minimum Gasteiger partial charge on any atom is -0.293 e. The molecule has 0 aromatic heterocycles. The van der Waals surface area contributed by atoms with E-state index in [1.807, 2.05) is 26.0 Å². The summed E-state index contributed by atoms with van der Waals surface area (Å²) >= 11 is 0. The van der Waals surface area contributed by atoms with Crippen molar-refractivity contribution < 1.29 is 4.79 Å². The Morgan fingerprint density at radius 1 is 1.56 bits per heavy atom. The highest BCUT2D eigenvalue weighted by Gasteiger charge is 2.46. The zero-order valence-electron chi connectivity index (χ0n) is 9.92. The highest BCUT2D eigenvalue weighted by atomic mass is 16.1. The third-order valence-corrected chi connectivity index (χ3v) is 4.11. The standard InChI is InChI=1S/C14H17NO/c1-9-4-5-12-10(6-9)7-11(8-15)13(16)14(12,2)3/h7,10,12H,1,4-6H2,2-3H3. The van der Waals surface area contributed by atoms with Gasteiger partial charge in [0.2, 0.25) is 0 Å². The predicted molar refractivity (Wildman–Crippen MR) is 62.5 cm³/mol. The van der Waals surface area contributed by atoms with Gasteiger partial charge in [0.1, 0.15) is 6.07 Å². The van der Waals surface area contributed by atoms with Gasteiger partial charge in [-0.3, -0.25) is 4.79 Å². The van der Waals surface area contributed by atoms with E-state index in [1.165, 1.54) is 5.57 Å². The van der Waals surface area contributed by atoms with Gasteiger partial charge in [-0.05, 0) is 31.1 Å². The number of fused-ring (bicyclic) bond motifs is 1. The summed E-state index contributed by atoms with van der Waals surface area (Å²) in [6.07, 6.45) is 4.86. The Kier molecular flexibility index (Phi) is 2.50. The lowest BCUT2D eigenvalue weighted by atomic mass is 9.59. The van der Waals surface area contributed by atoms with E-state index in [-0.39, 0.29) is 11.2 Å². The fourth-order valence-corrected chi connectivity index (χ4v) is 3.12. The smallest absolute Gasteiger partial charge is 0.178 e. The van der Waals surface area contributed by atoms with Crippen LogP contribution in [0.2, 0.25) is 0 Å². The molecule has 0 bridgehead atoms. The van der Waals surface area contributed by atoms with Gasteiger partial charge >= 0.3 is 0 Å². The van der Waals surface area contributed by atoms with Crippen molar-refractivity contribution in [2.45, 2.75) is 33.1 Å². The van der Waals surface area contributed by atoms with Gasteiger partial charge in [0.25, 0.3) is 0 Å². The van der Waals surface area contributed by atoms with Crippen LogP contribution < -0.4 is 0 Å². The van der Waals surface area contributed by atoms with Crippen LogP contribution in [-0.4, -0.2) is 5.78 Å². The molecule has 16 heavy (non-hydrogen) atoms. The fourth-order valence-electron chi connectivity index (χ4n) is 3.12. The van der Waals surface area contributed by atoms with Crippen molar-refractivity contribution >= 4 is 5.78 Å². The second-order valence-corrected chi connectivity index (χ2v) is 5.51. The number of carbonyl (C=O) groups excluding carboxylic acids is 1. The van der Waals surface area contributed by atoms with Crippen LogP contribution in [0.5, 0.6) is 0 Å². The lowest BCUT2D eigenvalue weighted by Crippen LogP contribution is -2.43. The van der Waals surface area contributed by atoms with Gasteiger partial charge in [-0.2, -0.15) is 5.26 Å². The summed E-state index contributed by atoms with van der Waals surface area (Å²) in [6.45, 7) is 7.98. The molecule has 2 aliphatic rings. The molecular formula is C14H17NO. The highest BCUT2D eigenvalue weighted by Crippen LogP contribution is 2.48. The average Bonchev–Trinajstić information content (AvgIpc) is 2.23. The molecule has 2 aliphatic carbocycles. The Hall–Kier alpha value is -1.36. The maximum absolute atomic E-state index is 12.1. The van der Waals surface area contributed by atoms with Crippen LogP contribution in [0.1, 0.15) is 33.1 Å². The molecule has 0 aliphatic heterocycles. The molecule has 0 amide bonds. The van der Waals surface area contributed by atoms with Gasteiger partial charge in [-0.15, -0.1) is 0 Å². The van der Waals surface area contributed by atoms with Crippen LogP contribution in [0.4, 0.5) is 0 Å². The zero-order valence-corrected chi connectivity index (χ0v) is 9.92. The largest absolute Gasteiger partial charge is 0.293 e. The molecule has 2 nitrogen and oxygen atoms in total. The minimum atomic E-state index is -0.384. The second-order valence-electron chi connectivity index (χ2n) is 5.51. The number of ketones is 1. The van der Waals surface area contributed by atoms with Crippen molar-refractivity contribution in [3.05, 3.63) is 23.8 Å². The molecule has 84 valence electrons. The second kappa shape index (κ2) is 3.59. The molecule has 0 saturated heterocycles. The number of nitrogens with zero attached hydrogens (tertiary/aromatic N) is 1. The maximum atomic E-state index is 12.1. The lowest BCUT2D eigenvalue weighted by molar-refractivity contribution is -0.128. The molecule has 0 N–H and O–H groups in total. The Morgan fingerprint density at radius 3 is 2.88 bits per heavy atom. The summed E-state index contributed by atoms with van der Waals surface area (Å²) in [5, 5.41) is 8.99. The van der Waals surface area contributed by atoms with E-state index in [1.54, 1.807) is 0 Å². The Balaban J connectivity index is 2.43. The van der Waals surface area contributed by atoms with Crippen molar-refractivity contribution in [2.75, 3.05) is 0 Å². The van der Waals surface area contributed by atoms with Crippen molar-refractivity contribution in [1.29, 1.82) is 5.26 Å². The Morgan fingerprint density at radius 2 is 2.25 bits per heavy atom. The van der Waals surface area contributed by atoms with Crippen LogP contribution in [0, 0.1) is 28.6 Å². The number of allylic oxidation sites excluding steroid dienone is 3. The lowest BCUT2D eigenvalue weighted by Gasteiger charge is -2.43. The third kappa shape index (κ3) is 1.51. The SMILES string of the molecule is C=C1CCC2C(C=C(C#N)C(=O)C2(C)C)C1. The van der Waals surface area contributed by atoms with E-state index >= 15 is 0 Å². The summed E-state index contributed by atoms with van der Waals surface area (Å²) in [4.78, 5) is 12.1. The molecule has 0 heterocycles. The Labute approximate surface area is 96.6 Å². The molecule has 2 unspecified atom stereocenters. The first-order chi connectivity index (χ1) is 7.46. The molecule has 2 heteroatoms. The molecule has 1 fully saturated rings. The monoisotopic (exact) mass is 215 g/mol. The van der Waals surface area contributed by atoms with Gasteiger partial charge in [0.05, 0.1) is 5.57 Å². The Bertz CT molecular complexity index is 423. The topological polar surface area (TPSA) is 40.9 Å². The summed E-state index contributed by atoms with van der Waals surface area (Å²) in [6, 6.07) is 2.04. The van der Waals surface area contributed by atoms with Gasteiger partial charge in [-0.25, -0.2) is 0 Å². The molecule has 2 atom stereocenters. The van der Waals surface area contributed by atoms with Crippen LogP contribution in [-0.2, 0) is 4.79 Å². The van der Waals surface area contributed by atoms with E-state index in [0.29, 0.717) is 17.4 Å². The number of hydrogen-bond donors (Lipinski definition) is 0. The fraction of sp³-hybridized carbons (Fsp3) is 0.571. The number of Topliss-reactive ketones (excluding diaryl/α,β-unsaturated/α-hetero) is 1. The summed E-state index contributed by atoms with van der Waals surface area (Å²) in [7, 11) is 0. The number of hydrogen-bond acceptors (Lipinski definition) is 2. The highest BCUT2D eigenvalue weighted by molar-refractivity contribution is 6.03. The van der Waals surface area contributed by atoms with E-state index in [4.69, 9.17) is 5.26 Å². The minimum absolute atomic E-state index is 0.0174. The van der Waals surface area contributed by atoms with Crippen molar-refractivity contribution in [2.24, 2.45) is 17.3 Å². The molecule has 1 saturated carbocycles. The molecule has 0 spiro atoms. The van der Waals surface area contributed by atoms with Crippen LogP contribution in [0.25, 0.3) is 0 Å². The molecule has 0 radical (unpaired) electrons.